The monoisotopic (exact) mass is 504 g/mol. The maximum Gasteiger partial charge on any atom is 0.356 e. The molecule has 2 saturated heterocycles. The summed E-state index contributed by atoms with van der Waals surface area (Å²) in [6.45, 7) is 2.77. The van der Waals surface area contributed by atoms with Gasteiger partial charge < -0.3 is 28.4 Å². The minimum atomic E-state index is -0.482. The number of carbonyl (C=O) groups excluding carboxylic acids is 2. The van der Waals surface area contributed by atoms with Crippen molar-refractivity contribution in [2.45, 2.75) is 37.5 Å². The van der Waals surface area contributed by atoms with Gasteiger partial charge in [-0.25, -0.2) is 19.6 Å². The Kier molecular flexibility index (Phi) is 10.3. The first-order chi connectivity index (χ1) is 17.5. The van der Waals surface area contributed by atoms with Gasteiger partial charge in [0.1, 0.15) is 11.6 Å². The van der Waals surface area contributed by atoms with Gasteiger partial charge in [-0.15, -0.1) is 0 Å². The molecule has 0 aromatic carbocycles. The van der Waals surface area contributed by atoms with Crippen LogP contribution in [0.1, 0.15) is 70.1 Å². The van der Waals surface area contributed by atoms with E-state index in [0.29, 0.717) is 49.8 Å². The van der Waals surface area contributed by atoms with E-state index in [-0.39, 0.29) is 23.2 Å². The lowest BCUT2D eigenvalue weighted by Crippen LogP contribution is -2.18. The Morgan fingerprint density at radius 3 is 1.33 bits per heavy atom. The first kappa shape index (κ1) is 27.2. The number of hydrogen-bond donors (Lipinski definition) is 0. The normalized spacial score (nSPS) is 16.3. The second kappa shape index (κ2) is 13.6. The van der Waals surface area contributed by atoms with Crippen LogP contribution in [-0.4, -0.2) is 86.7 Å². The Balaban J connectivity index is 0.000000201. The van der Waals surface area contributed by atoms with E-state index in [9.17, 15) is 9.59 Å². The fraction of sp³-hybridized carbons (Fsp3) is 0.583. The highest BCUT2D eigenvalue weighted by Gasteiger charge is 2.23. The third-order valence-electron chi connectivity index (χ3n) is 5.82. The molecule has 4 heterocycles. The Morgan fingerprint density at radius 2 is 1.03 bits per heavy atom. The van der Waals surface area contributed by atoms with E-state index in [2.05, 4.69) is 29.4 Å². The first-order valence-electron chi connectivity index (χ1n) is 11.7. The lowest BCUT2D eigenvalue weighted by Gasteiger charge is -2.21. The molecule has 2 aliphatic rings. The van der Waals surface area contributed by atoms with Crippen LogP contribution in [0.4, 0.5) is 0 Å². The number of nitrogens with zero attached hydrogens (tertiary/aromatic N) is 4. The van der Waals surface area contributed by atoms with Crippen LogP contribution < -0.4 is 9.47 Å². The zero-order valence-corrected chi connectivity index (χ0v) is 21.0. The number of aromatic nitrogens is 4. The Labute approximate surface area is 209 Å². The van der Waals surface area contributed by atoms with E-state index in [1.54, 1.807) is 0 Å². The molecule has 0 atom stereocenters. The quantitative estimate of drug-likeness (QED) is 0.533. The van der Waals surface area contributed by atoms with Crippen molar-refractivity contribution in [3.63, 3.8) is 0 Å². The van der Waals surface area contributed by atoms with Gasteiger partial charge in [-0.2, -0.15) is 9.97 Å². The average Bonchev–Trinajstić information content (AvgIpc) is 2.96. The third-order valence-corrected chi connectivity index (χ3v) is 5.82. The number of rotatable bonds is 6. The number of methoxy groups -OCH3 is 4. The van der Waals surface area contributed by atoms with Gasteiger partial charge in [-0.3, -0.25) is 0 Å². The molecule has 0 bridgehead atoms. The third kappa shape index (κ3) is 7.31. The van der Waals surface area contributed by atoms with Crippen molar-refractivity contribution < 1.29 is 38.0 Å². The van der Waals surface area contributed by atoms with Crippen LogP contribution >= 0.6 is 0 Å². The summed E-state index contributed by atoms with van der Waals surface area (Å²) >= 11 is 0. The number of esters is 2. The van der Waals surface area contributed by atoms with Crippen LogP contribution in [0.25, 0.3) is 0 Å². The van der Waals surface area contributed by atoms with Crippen molar-refractivity contribution >= 4 is 11.9 Å². The Hall–Kier alpha value is -3.38. The van der Waals surface area contributed by atoms with Gasteiger partial charge in [0, 0.05) is 50.4 Å². The molecular weight excluding hydrogens is 472 g/mol. The molecule has 4 rings (SSSR count). The van der Waals surface area contributed by atoms with Gasteiger partial charge in [0.25, 0.3) is 0 Å². The van der Waals surface area contributed by atoms with Crippen LogP contribution in [0.3, 0.4) is 0 Å². The minimum absolute atomic E-state index is 0.206. The minimum Gasteiger partial charge on any atom is -0.481 e. The van der Waals surface area contributed by atoms with Gasteiger partial charge in [0.05, 0.1) is 28.4 Å². The molecule has 12 nitrogen and oxygen atoms in total. The molecule has 2 aromatic heterocycles. The summed E-state index contributed by atoms with van der Waals surface area (Å²) in [7, 11) is 5.67. The highest BCUT2D eigenvalue weighted by Crippen LogP contribution is 2.27. The lowest BCUT2D eigenvalue weighted by molar-refractivity contribution is 0.0582. The number of hydrogen-bond acceptors (Lipinski definition) is 12. The largest absolute Gasteiger partial charge is 0.481 e. The van der Waals surface area contributed by atoms with Crippen LogP contribution in [0.5, 0.6) is 11.8 Å². The molecule has 12 heteroatoms. The standard InChI is InChI=1S/2C12H16N2O4/c2*1-16-10-7-9(12(15)17-2)13-11(14-10)8-3-5-18-6-4-8/h2*7-8H,3-6H2,1-2H3. The van der Waals surface area contributed by atoms with Crippen LogP contribution in [0, 0.1) is 0 Å². The molecule has 0 saturated carbocycles. The average molecular weight is 505 g/mol. The second-order valence-corrected chi connectivity index (χ2v) is 8.06. The van der Waals surface area contributed by atoms with Crippen LogP contribution in [0.15, 0.2) is 12.1 Å². The van der Waals surface area contributed by atoms with Crippen molar-refractivity contribution in [1.82, 2.24) is 19.9 Å². The van der Waals surface area contributed by atoms with Crippen molar-refractivity contribution in [1.29, 1.82) is 0 Å². The van der Waals surface area contributed by atoms with Crippen molar-refractivity contribution in [3.8, 4) is 11.8 Å². The Bertz CT molecular complexity index is 942. The number of carbonyl (C=O) groups is 2. The maximum absolute atomic E-state index is 11.5. The molecule has 0 amide bonds. The summed E-state index contributed by atoms with van der Waals surface area (Å²) in [5, 5.41) is 0. The Morgan fingerprint density at radius 1 is 0.667 bits per heavy atom. The first-order valence-corrected chi connectivity index (χ1v) is 11.7. The molecule has 0 N–H and O–H groups in total. The maximum atomic E-state index is 11.5. The smallest absolute Gasteiger partial charge is 0.356 e. The van der Waals surface area contributed by atoms with Gasteiger partial charge in [0.15, 0.2) is 11.4 Å². The summed E-state index contributed by atoms with van der Waals surface area (Å²) in [4.78, 5) is 40.1. The molecule has 0 radical (unpaired) electrons. The molecule has 2 fully saturated rings. The van der Waals surface area contributed by atoms with Gasteiger partial charge in [-0.05, 0) is 25.7 Å². The fourth-order valence-corrected chi connectivity index (χ4v) is 3.79. The van der Waals surface area contributed by atoms with Crippen LogP contribution in [0.2, 0.25) is 0 Å². The predicted octanol–water partition coefficient (Wildman–Crippen LogP) is 2.33. The van der Waals surface area contributed by atoms with E-state index >= 15 is 0 Å². The molecule has 36 heavy (non-hydrogen) atoms. The van der Waals surface area contributed by atoms with E-state index in [1.807, 2.05) is 0 Å². The van der Waals surface area contributed by atoms with Crippen molar-refractivity contribution in [3.05, 3.63) is 35.2 Å². The molecule has 196 valence electrons. The second-order valence-electron chi connectivity index (χ2n) is 8.06. The number of ether oxygens (including phenoxy) is 6. The molecule has 2 aromatic rings. The zero-order valence-electron chi connectivity index (χ0n) is 21.0. The highest BCUT2D eigenvalue weighted by molar-refractivity contribution is 5.87. The predicted molar refractivity (Wildman–Crippen MR) is 125 cm³/mol. The summed E-state index contributed by atoms with van der Waals surface area (Å²) in [6, 6.07) is 2.96. The topological polar surface area (TPSA) is 141 Å². The van der Waals surface area contributed by atoms with Gasteiger partial charge >= 0.3 is 11.9 Å². The molecule has 0 aliphatic carbocycles. The molecular formula is C24H32N4O8. The SMILES string of the molecule is COC(=O)c1cc(OC)nc(C2CCOCC2)n1.COC(=O)c1cc(OC)nc(C2CCOCC2)n1. The van der Waals surface area contributed by atoms with E-state index in [1.165, 1.54) is 40.6 Å². The zero-order chi connectivity index (χ0) is 25.9. The summed E-state index contributed by atoms with van der Waals surface area (Å²) < 4.78 is 30.1. The van der Waals surface area contributed by atoms with Crippen molar-refractivity contribution in [2.24, 2.45) is 0 Å². The molecule has 0 spiro atoms. The van der Waals surface area contributed by atoms with E-state index in [0.717, 1.165) is 25.7 Å². The lowest BCUT2D eigenvalue weighted by atomic mass is 9.99. The fourth-order valence-electron chi connectivity index (χ4n) is 3.79. The van der Waals surface area contributed by atoms with Crippen LogP contribution in [-0.2, 0) is 18.9 Å². The molecule has 0 unspecified atom stereocenters. The highest BCUT2D eigenvalue weighted by atomic mass is 16.5. The van der Waals surface area contributed by atoms with Gasteiger partial charge in [0.2, 0.25) is 11.8 Å². The van der Waals surface area contributed by atoms with E-state index in [4.69, 9.17) is 18.9 Å². The summed E-state index contributed by atoms with van der Waals surface area (Å²) in [5.41, 5.74) is 0.455. The van der Waals surface area contributed by atoms with E-state index < -0.39 is 11.9 Å². The summed E-state index contributed by atoms with van der Waals surface area (Å²) in [5.74, 6) is 1.46. The van der Waals surface area contributed by atoms with Crippen molar-refractivity contribution in [2.75, 3.05) is 54.9 Å². The van der Waals surface area contributed by atoms with Gasteiger partial charge in [-0.1, -0.05) is 0 Å². The molecule has 2 aliphatic heterocycles. The summed E-state index contributed by atoms with van der Waals surface area (Å²) in [6.07, 6.45) is 3.42.